The molecule has 0 aliphatic heterocycles. The van der Waals surface area contributed by atoms with E-state index in [0.717, 1.165) is 19.3 Å². The van der Waals surface area contributed by atoms with Gasteiger partial charge in [0.2, 0.25) is 9.70 Å². The van der Waals surface area contributed by atoms with Crippen molar-refractivity contribution >= 4 is 40.7 Å². The molecule has 0 saturated carbocycles. The molecule has 1 amide bonds. The molecule has 0 fully saturated rings. The van der Waals surface area contributed by atoms with Crippen LogP contribution in [0, 0.1) is 0 Å². The van der Waals surface area contributed by atoms with E-state index >= 15 is 0 Å². The van der Waals surface area contributed by atoms with E-state index in [1.54, 1.807) is 0 Å². The van der Waals surface area contributed by atoms with Gasteiger partial charge in [-0.25, -0.2) is 0 Å². The van der Waals surface area contributed by atoms with E-state index in [1.807, 2.05) is 20.8 Å². The predicted octanol–water partition coefficient (Wildman–Crippen LogP) is 3.77. The average Bonchev–Trinajstić information content (AvgIpc) is 2.13. The summed E-state index contributed by atoms with van der Waals surface area (Å²) in [5.74, 6) is -0.100. The predicted molar refractivity (Wildman–Crippen MR) is 79.3 cm³/mol. The van der Waals surface area contributed by atoms with Crippen LogP contribution < -0.4 is 10.6 Å². The normalized spacial score (nSPS) is 14.4. The number of hydrogen-bond acceptors (Lipinski definition) is 2. The largest absolute Gasteiger partial charge is 0.337 e. The molecule has 0 heterocycles. The standard InChI is InChI=1S/C12H23Cl3N2O/c1-5-6-7-8-9(18)16-10(12(13,14)15)17-11(2,3)4/h10,17H,5-8H2,1-4H3,(H,16,18)/t10-/m0/s1. The third kappa shape index (κ3) is 9.26. The second-order valence-electron chi connectivity index (χ2n) is 5.39. The van der Waals surface area contributed by atoms with Crippen LogP contribution in [-0.4, -0.2) is 21.4 Å². The van der Waals surface area contributed by atoms with Crippen LogP contribution in [-0.2, 0) is 4.79 Å². The third-order valence-corrected chi connectivity index (χ3v) is 2.87. The third-order valence-electron chi connectivity index (χ3n) is 2.22. The van der Waals surface area contributed by atoms with Crippen LogP contribution in [0.5, 0.6) is 0 Å². The summed E-state index contributed by atoms with van der Waals surface area (Å²) < 4.78 is -1.58. The van der Waals surface area contributed by atoms with Crippen molar-refractivity contribution in [3.05, 3.63) is 0 Å². The van der Waals surface area contributed by atoms with Gasteiger partial charge in [-0.3, -0.25) is 10.1 Å². The Kier molecular flexibility index (Phi) is 7.91. The molecular formula is C12H23Cl3N2O. The van der Waals surface area contributed by atoms with Crippen LogP contribution in [0.1, 0.15) is 53.4 Å². The molecule has 0 unspecified atom stereocenters. The van der Waals surface area contributed by atoms with Crippen molar-refractivity contribution in [3.63, 3.8) is 0 Å². The lowest BCUT2D eigenvalue weighted by Crippen LogP contribution is -2.58. The van der Waals surface area contributed by atoms with Crippen molar-refractivity contribution in [2.45, 2.75) is 68.9 Å². The molecule has 0 aromatic heterocycles. The number of carbonyl (C=O) groups excluding carboxylic acids is 1. The topological polar surface area (TPSA) is 41.1 Å². The van der Waals surface area contributed by atoms with E-state index in [-0.39, 0.29) is 11.4 Å². The van der Waals surface area contributed by atoms with E-state index < -0.39 is 9.96 Å². The number of halogens is 3. The molecule has 2 N–H and O–H groups in total. The maximum Gasteiger partial charge on any atom is 0.223 e. The molecule has 0 rings (SSSR count). The summed E-state index contributed by atoms with van der Waals surface area (Å²) in [4.78, 5) is 11.7. The molecule has 1 atom stereocenters. The lowest BCUT2D eigenvalue weighted by Gasteiger charge is -2.33. The fraction of sp³-hybridized carbons (Fsp3) is 0.917. The Bertz CT molecular complexity index is 259. The zero-order valence-electron chi connectivity index (χ0n) is 11.4. The van der Waals surface area contributed by atoms with Gasteiger partial charge in [0, 0.05) is 12.0 Å². The monoisotopic (exact) mass is 316 g/mol. The van der Waals surface area contributed by atoms with Gasteiger partial charge in [-0.15, -0.1) is 0 Å². The fourth-order valence-electron chi connectivity index (χ4n) is 1.40. The molecule has 0 aromatic carbocycles. The molecule has 18 heavy (non-hydrogen) atoms. The van der Waals surface area contributed by atoms with Gasteiger partial charge in [-0.05, 0) is 27.2 Å². The zero-order valence-corrected chi connectivity index (χ0v) is 13.7. The maximum atomic E-state index is 11.7. The highest BCUT2D eigenvalue weighted by Crippen LogP contribution is 2.30. The second kappa shape index (κ2) is 7.78. The van der Waals surface area contributed by atoms with Crippen LogP contribution >= 0.6 is 34.8 Å². The highest BCUT2D eigenvalue weighted by Gasteiger charge is 2.36. The molecule has 0 saturated heterocycles. The Hall–Kier alpha value is 0.300. The van der Waals surface area contributed by atoms with Gasteiger partial charge in [0.25, 0.3) is 0 Å². The molecule has 108 valence electrons. The van der Waals surface area contributed by atoms with Crippen LogP contribution in [0.3, 0.4) is 0 Å². The maximum absolute atomic E-state index is 11.7. The minimum atomic E-state index is -1.58. The van der Waals surface area contributed by atoms with Crippen molar-refractivity contribution in [2.75, 3.05) is 0 Å². The van der Waals surface area contributed by atoms with Crippen molar-refractivity contribution in [2.24, 2.45) is 0 Å². The van der Waals surface area contributed by atoms with E-state index in [4.69, 9.17) is 34.8 Å². The minimum absolute atomic E-state index is 0.100. The summed E-state index contributed by atoms with van der Waals surface area (Å²) in [6.07, 6.45) is 2.71. The lowest BCUT2D eigenvalue weighted by molar-refractivity contribution is -0.122. The highest BCUT2D eigenvalue weighted by molar-refractivity contribution is 6.68. The van der Waals surface area contributed by atoms with E-state index in [2.05, 4.69) is 17.6 Å². The Morgan fingerprint density at radius 2 is 1.72 bits per heavy atom. The minimum Gasteiger partial charge on any atom is -0.337 e. The van der Waals surface area contributed by atoms with Crippen LogP contribution in [0.2, 0.25) is 0 Å². The van der Waals surface area contributed by atoms with Crippen molar-refractivity contribution in [1.29, 1.82) is 0 Å². The van der Waals surface area contributed by atoms with Gasteiger partial charge in [0.1, 0.15) is 6.17 Å². The summed E-state index contributed by atoms with van der Waals surface area (Å²) in [5, 5.41) is 5.82. The highest BCUT2D eigenvalue weighted by atomic mass is 35.6. The zero-order chi connectivity index (χ0) is 14.4. The SMILES string of the molecule is CCCCCC(=O)N[C@@H](NC(C)(C)C)C(Cl)(Cl)Cl. The van der Waals surface area contributed by atoms with Gasteiger partial charge in [-0.1, -0.05) is 54.6 Å². The van der Waals surface area contributed by atoms with Gasteiger partial charge in [0.05, 0.1) is 0 Å². The summed E-state index contributed by atoms with van der Waals surface area (Å²) >= 11 is 17.6. The molecule has 0 aliphatic carbocycles. The first kappa shape index (κ1) is 18.3. The fourth-order valence-corrected chi connectivity index (χ4v) is 1.73. The Morgan fingerprint density at radius 1 is 1.17 bits per heavy atom. The molecule has 0 bridgehead atoms. The van der Waals surface area contributed by atoms with Crippen LogP contribution in [0.25, 0.3) is 0 Å². The van der Waals surface area contributed by atoms with E-state index in [9.17, 15) is 4.79 Å². The number of unbranched alkanes of at least 4 members (excludes halogenated alkanes) is 2. The molecular weight excluding hydrogens is 295 g/mol. The molecule has 0 spiro atoms. The van der Waals surface area contributed by atoms with Gasteiger partial charge in [-0.2, -0.15) is 0 Å². The quantitative estimate of drug-likeness (QED) is 0.445. The van der Waals surface area contributed by atoms with Gasteiger partial charge >= 0.3 is 0 Å². The number of rotatable bonds is 6. The number of amides is 1. The number of nitrogens with one attached hydrogen (secondary N) is 2. The first-order valence-electron chi connectivity index (χ1n) is 6.20. The second-order valence-corrected chi connectivity index (χ2v) is 7.76. The first-order valence-corrected chi connectivity index (χ1v) is 7.33. The molecule has 0 radical (unpaired) electrons. The van der Waals surface area contributed by atoms with E-state index in [0.29, 0.717) is 6.42 Å². The Morgan fingerprint density at radius 3 is 2.11 bits per heavy atom. The average molecular weight is 318 g/mol. The van der Waals surface area contributed by atoms with Gasteiger partial charge in [0.15, 0.2) is 0 Å². The lowest BCUT2D eigenvalue weighted by atomic mass is 10.1. The molecule has 0 aliphatic rings. The molecule has 6 heteroatoms. The summed E-state index contributed by atoms with van der Waals surface area (Å²) in [6, 6.07) is 0. The summed E-state index contributed by atoms with van der Waals surface area (Å²) in [5.41, 5.74) is -0.259. The molecule has 3 nitrogen and oxygen atoms in total. The number of carbonyl (C=O) groups is 1. The number of hydrogen-bond donors (Lipinski definition) is 2. The summed E-state index contributed by atoms with van der Waals surface area (Å²) in [6.45, 7) is 7.92. The van der Waals surface area contributed by atoms with Gasteiger partial charge < -0.3 is 5.32 Å². The first-order chi connectivity index (χ1) is 8.06. The van der Waals surface area contributed by atoms with Crippen LogP contribution in [0.4, 0.5) is 0 Å². The van der Waals surface area contributed by atoms with Crippen molar-refractivity contribution in [1.82, 2.24) is 10.6 Å². The van der Waals surface area contributed by atoms with Crippen molar-refractivity contribution in [3.8, 4) is 0 Å². The number of alkyl halides is 3. The van der Waals surface area contributed by atoms with E-state index in [1.165, 1.54) is 0 Å². The Labute approximate surface area is 125 Å². The summed E-state index contributed by atoms with van der Waals surface area (Å²) in [7, 11) is 0. The molecule has 0 aromatic rings. The Balaban J connectivity index is 4.38. The van der Waals surface area contributed by atoms with Crippen LogP contribution in [0.15, 0.2) is 0 Å². The van der Waals surface area contributed by atoms with Crippen molar-refractivity contribution < 1.29 is 4.79 Å². The smallest absolute Gasteiger partial charge is 0.223 e.